The van der Waals surface area contributed by atoms with Gasteiger partial charge in [-0.3, -0.25) is 37.0 Å². The average molecular weight is 882 g/mol. The van der Waals surface area contributed by atoms with Crippen LogP contribution in [0.4, 0.5) is 14.6 Å². The van der Waals surface area contributed by atoms with Gasteiger partial charge in [-0.2, -0.15) is 0 Å². The van der Waals surface area contributed by atoms with E-state index >= 15 is 8.78 Å². The fraction of sp³-hybridized carbons (Fsp3) is 0.333. The third kappa shape index (κ3) is 8.59. The lowest BCUT2D eigenvalue weighted by Crippen LogP contribution is -2.38. The molecule has 312 valence electrons. The Morgan fingerprint density at radius 2 is 1.58 bits per heavy atom. The van der Waals surface area contributed by atoms with Gasteiger partial charge < -0.3 is 29.9 Å². The van der Waals surface area contributed by atoms with Crippen LogP contribution in [0.2, 0.25) is 0 Å². The van der Waals surface area contributed by atoms with Crippen LogP contribution in [0.25, 0.3) is 11.2 Å². The standard InChI is InChI=1S/C33H31F2N7O14P2S/c34-23-21-12-51-58(49,59-13-16-1-7-19(8-2-16)52-32(45)17-3-5-18(43)6-4-17)56-27-24(35)20(53-30(27)41-10-9-22(44)40-33(41)46)11-50-57(47,48)55-26(23)31(54-21)42-15-39-25-28(36)37-14-38-29(25)42/h1-10,14-15,20-21,23-24,26-27,30-31,43H,11-13H2,(H,47,48)(H2,36,37,38)(H,40,44,46)/t20-,21-,23-,24-,26-,27-,30-,31-,58+/m1/s1. The smallest absolute Gasteiger partial charge is 0.472 e. The molecule has 3 aliphatic rings. The number of aromatic nitrogens is 6. The van der Waals surface area contributed by atoms with Crippen LogP contribution in [0.15, 0.2) is 83.0 Å². The molecule has 5 N–H and O–H groups in total. The second kappa shape index (κ2) is 16.3. The van der Waals surface area contributed by atoms with E-state index in [9.17, 15) is 33.5 Å². The minimum absolute atomic E-state index is 0.0337. The Hall–Kier alpha value is -4.87. The molecular weight excluding hydrogens is 850 g/mol. The summed E-state index contributed by atoms with van der Waals surface area (Å²) in [6.45, 7) is -6.59. The molecule has 4 bridgehead atoms. The Labute approximate surface area is 333 Å². The van der Waals surface area contributed by atoms with Gasteiger partial charge >= 0.3 is 26.3 Å². The number of fused-ring (bicyclic) bond motifs is 5. The Morgan fingerprint density at radius 1 is 0.915 bits per heavy atom. The molecule has 0 amide bonds. The highest BCUT2D eigenvalue weighted by molar-refractivity contribution is 8.54. The summed E-state index contributed by atoms with van der Waals surface area (Å²) in [6.07, 6.45) is -12.0. The minimum Gasteiger partial charge on any atom is -0.508 e. The zero-order chi connectivity index (χ0) is 41.6. The summed E-state index contributed by atoms with van der Waals surface area (Å²) in [7, 11) is -5.27. The number of H-pyrrole nitrogens is 1. The molecule has 26 heteroatoms. The van der Waals surface area contributed by atoms with E-state index in [0.717, 1.165) is 29.5 Å². The molecule has 0 radical (unpaired) electrons. The number of phenolic OH excluding ortho intramolecular Hbond substituents is 1. The van der Waals surface area contributed by atoms with Crippen LogP contribution in [0.1, 0.15) is 28.4 Å². The van der Waals surface area contributed by atoms with Gasteiger partial charge in [0.05, 0.1) is 25.1 Å². The second-order valence-electron chi connectivity index (χ2n) is 13.1. The lowest BCUT2D eigenvalue weighted by Gasteiger charge is -2.27. The number of phosphoric ester groups is 1. The summed E-state index contributed by atoms with van der Waals surface area (Å²) >= 11 is 0.545. The van der Waals surface area contributed by atoms with Crippen LogP contribution in [0.3, 0.4) is 0 Å². The molecule has 1 unspecified atom stereocenters. The highest BCUT2D eigenvalue weighted by Crippen LogP contribution is 2.65. The Morgan fingerprint density at radius 3 is 2.27 bits per heavy atom. The molecule has 0 spiro atoms. The molecule has 59 heavy (non-hydrogen) atoms. The maximum absolute atomic E-state index is 16.4. The largest absolute Gasteiger partial charge is 0.508 e. The number of alkyl halides is 2. The van der Waals surface area contributed by atoms with E-state index in [1.165, 1.54) is 53.1 Å². The summed E-state index contributed by atoms with van der Waals surface area (Å²) in [5.74, 6) is -0.781. The zero-order valence-electron chi connectivity index (χ0n) is 29.8. The predicted molar refractivity (Wildman–Crippen MR) is 199 cm³/mol. The summed E-state index contributed by atoms with van der Waals surface area (Å²) < 4.78 is 102. The highest BCUT2D eigenvalue weighted by atomic mass is 32.7. The number of halogens is 2. The number of rotatable bonds is 7. The molecular formula is C33H31F2N7O14P2S. The second-order valence-corrected chi connectivity index (χ2v) is 18.6. The number of nitrogens with zero attached hydrogens (tertiary/aromatic N) is 5. The van der Waals surface area contributed by atoms with Crippen LogP contribution >= 0.6 is 26.0 Å². The van der Waals surface area contributed by atoms with Crippen molar-refractivity contribution >= 4 is 49.0 Å². The van der Waals surface area contributed by atoms with Crippen molar-refractivity contribution in [2.45, 2.75) is 55.0 Å². The molecule has 3 fully saturated rings. The van der Waals surface area contributed by atoms with E-state index in [4.69, 9.17) is 38.0 Å². The van der Waals surface area contributed by atoms with E-state index in [0.29, 0.717) is 16.9 Å². The number of nitrogens with two attached hydrogens (primary N) is 1. The lowest BCUT2D eigenvalue weighted by atomic mass is 10.1. The van der Waals surface area contributed by atoms with E-state index in [-0.39, 0.29) is 39.8 Å². The molecule has 0 aliphatic carbocycles. The summed E-state index contributed by atoms with van der Waals surface area (Å²) in [5.41, 5.74) is 4.83. The van der Waals surface area contributed by atoms with Gasteiger partial charge in [-0.25, -0.2) is 42.5 Å². The number of nitrogens with one attached hydrogen (secondary N) is 1. The number of imidazole rings is 1. The van der Waals surface area contributed by atoms with Gasteiger partial charge in [-0.1, -0.05) is 12.1 Å². The number of aromatic amines is 1. The van der Waals surface area contributed by atoms with Crippen molar-refractivity contribution in [3.05, 3.63) is 105 Å². The molecule has 2 aromatic carbocycles. The first-order valence-corrected chi connectivity index (χ1v) is 22.0. The van der Waals surface area contributed by atoms with E-state index in [1.54, 1.807) is 0 Å². The van der Waals surface area contributed by atoms with E-state index in [2.05, 4.69) is 15.0 Å². The van der Waals surface area contributed by atoms with Gasteiger partial charge in [0.2, 0.25) is 0 Å². The van der Waals surface area contributed by atoms with Crippen molar-refractivity contribution in [1.82, 2.24) is 29.1 Å². The van der Waals surface area contributed by atoms with Crippen molar-refractivity contribution in [2.24, 2.45) is 0 Å². The van der Waals surface area contributed by atoms with Crippen molar-refractivity contribution in [2.75, 3.05) is 18.9 Å². The fourth-order valence-electron chi connectivity index (χ4n) is 6.35. The number of phosphoric acid groups is 1. The van der Waals surface area contributed by atoms with Gasteiger partial charge in [0.25, 0.3) is 5.56 Å². The minimum atomic E-state index is -5.27. The number of aromatic hydroxyl groups is 1. The number of phenols is 1. The quantitative estimate of drug-likeness (QED) is 0.104. The van der Waals surface area contributed by atoms with Gasteiger partial charge in [0.15, 0.2) is 36.3 Å². The predicted octanol–water partition coefficient (Wildman–Crippen LogP) is 3.31. The first kappa shape index (κ1) is 40.9. The first-order valence-electron chi connectivity index (χ1n) is 17.3. The monoisotopic (exact) mass is 881 g/mol. The van der Waals surface area contributed by atoms with Crippen LogP contribution in [0, 0.1) is 0 Å². The summed E-state index contributed by atoms with van der Waals surface area (Å²) in [6, 6.07) is 12.3. The first-order chi connectivity index (χ1) is 28.2. The van der Waals surface area contributed by atoms with Gasteiger partial charge in [0, 0.05) is 18.0 Å². The number of esters is 1. The Kier molecular flexibility index (Phi) is 11.3. The molecule has 0 saturated carbocycles. The molecule has 10 atom stereocenters. The van der Waals surface area contributed by atoms with Crippen LogP contribution in [0.5, 0.6) is 11.5 Å². The van der Waals surface area contributed by atoms with Crippen molar-refractivity contribution < 1.29 is 65.0 Å². The highest BCUT2D eigenvalue weighted by Gasteiger charge is 2.55. The van der Waals surface area contributed by atoms with Gasteiger partial charge in [-0.05, 0) is 53.3 Å². The van der Waals surface area contributed by atoms with Crippen LogP contribution in [-0.4, -0.2) is 95.0 Å². The molecule has 8 rings (SSSR count). The normalized spacial score (nSPS) is 31.2. The third-order valence-corrected chi connectivity index (χ3v) is 13.9. The molecule has 21 nitrogen and oxygen atoms in total. The molecule has 3 aromatic heterocycles. The summed E-state index contributed by atoms with van der Waals surface area (Å²) in [4.78, 5) is 62.1. The number of hydrogen-bond donors (Lipinski definition) is 4. The van der Waals surface area contributed by atoms with E-state index < -0.39 is 94.3 Å². The molecule has 3 aliphatic heterocycles. The summed E-state index contributed by atoms with van der Waals surface area (Å²) in [5, 5.41) is 9.49. The number of carbonyl (C=O) groups excluding carboxylic acids is 1. The topological polar surface area (TPSA) is 281 Å². The molecule has 6 heterocycles. The van der Waals surface area contributed by atoms with Gasteiger partial charge in [-0.15, -0.1) is 0 Å². The molecule has 5 aromatic rings. The van der Waals surface area contributed by atoms with Crippen molar-refractivity contribution in [3.63, 3.8) is 0 Å². The van der Waals surface area contributed by atoms with Crippen molar-refractivity contribution in [3.8, 4) is 11.5 Å². The van der Waals surface area contributed by atoms with E-state index in [1.807, 2.05) is 4.98 Å². The van der Waals surface area contributed by atoms with Crippen LogP contribution in [-0.2, 0) is 42.5 Å². The Balaban J connectivity index is 1.09. The fourth-order valence-corrected chi connectivity index (χ4v) is 10.6. The SMILES string of the molecule is Nc1ncnc2c1ncn2[C@@H]1O[C@@H]2CO[P@](=O)(SCc3ccc(OC(=O)c4ccc(O)cc4)cc3)O[C@@H]3[C@H](F)[C@@H](COP(=O)(O)O[C@@H]1[C@@H]2F)O[C@H]3n1ccc(=O)[nH]c1=O. The lowest BCUT2D eigenvalue weighted by molar-refractivity contribution is -0.0648. The van der Waals surface area contributed by atoms with Gasteiger partial charge in [0.1, 0.15) is 47.8 Å². The number of anilines is 1. The number of hydrogen-bond acceptors (Lipinski definition) is 18. The maximum atomic E-state index is 16.4. The molecule has 3 saturated heterocycles. The number of nitrogen functional groups attached to an aromatic ring is 1. The van der Waals surface area contributed by atoms with Crippen molar-refractivity contribution in [1.29, 1.82) is 0 Å². The third-order valence-electron chi connectivity index (χ3n) is 9.25. The van der Waals surface area contributed by atoms with Crippen LogP contribution < -0.4 is 21.7 Å². The zero-order valence-corrected chi connectivity index (χ0v) is 32.4. The Bertz CT molecular complexity index is 2590. The number of carbonyl (C=O) groups is 1. The number of ether oxygens (including phenoxy) is 3. The average Bonchev–Trinajstić information content (AvgIpc) is 3.86. The number of benzene rings is 2. The maximum Gasteiger partial charge on any atom is 0.472 e.